The summed E-state index contributed by atoms with van der Waals surface area (Å²) in [5, 5.41) is 11.3. The van der Waals surface area contributed by atoms with Gasteiger partial charge in [0.25, 0.3) is 0 Å². The summed E-state index contributed by atoms with van der Waals surface area (Å²) in [5.41, 5.74) is 0. The topological polar surface area (TPSA) is 69.6 Å². The van der Waals surface area contributed by atoms with Gasteiger partial charge < -0.3 is 10.4 Å². The summed E-state index contributed by atoms with van der Waals surface area (Å²) in [6, 6.07) is 0.285. The van der Waals surface area contributed by atoms with Gasteiger partial charge in [-0.3, -0.25) is 14.5 Å². The lowest BCUT2D eigenvalue weighted by atomic mass is 10.1. The molecule has 0 aromatic heterocycles. The molecule has 1 aliphatic heterocycles. The van der Waals surface area contributed by atoms with Gasteiger partial charge in [-0.1, -0.05) is 0 Å². The van der Waals surface area contributed by atoms with Gasteiger partial charge in [-0.2, -0.15) is 0 Å². The van der Waals surface area contributed by atoms with Crippen LogP contribution in [-0.2, 0) is 9.59 Å². The van der Waals surface area contributed by atoms with Crippen LogP contribution < -0.4 is 5.32 Å². The minimum Gasteiger partial charge on any atom is -0.481 e. The number of likely N-dealkylation sites (tertiary alicyclic amines) is 1. The predicted molar refractivity (Wildman–Crippen MR) is 60.1 cm³/mol. The second-order valence-corrected chi connectivity index (χ2v) is 4.40. The summed E-state index contributed by atoms with van der Waals surface area (Å²) in [5.74, 6) is -2.45. The van der Waals surface area contributed by atoms with Crippen LogP contribution >= 0.6 is 0 Å². The highest BCUT2D eigenvalue weighted by Crippen LogP contribution is 2.10. The number of carboxylic acid groups (broad SMARTS) is 1. The molecule has 2 N–H and O–H groups in total. The molecular weight excluding hydrogens is 208 g/mol. The number of hydrogen-bond donors (Lipinski definition) is 2. The van der Waals surface area contributed by atoms with E-state index in [0.29, 0.717) is 6.54 Å². The minimum absolute atomic E-state index is 0.285. The van der Waals surface area contributed by atoms with Crippen LogP contribution in [0.5, 0.6) is 0 Å². The maximum Gasteiger partial charge on any atom is 0.315 e. The molecule has 2 atom stereocenters. The first-order valence-corrected chi connectivity index (χ1v) is 5.77. The van der Waals surface area contributed by atoms with Crippen LogP contribution in [0.4, 0.5) is 0 Å². The van der Waals surface area contributed by atoms with Gasteiger partial charge in [0.2, 0.25) is 5.91 Å². The molecule has 1 saturated heterocycles. The molecule has 0 bridgehead atoms. The third kappa shape index (κ3) is 3.48. The van der Waals surface area contributed by atoms with Crippen LogP contribution in [0.25, 0.3) is 0 Å². The Bertz CT molecular complexity index is 262. The van der Waals surface area contributed by atoms with E-state index in [1.54, 1.807) is 0 Å². The SMILES string of the molecule is CC(C(=O)O)C(=O)NCC(C)N1CCCC1. The van der Waals surface area contributed by atoms with Crippen molar-refractivity contribution in [3.8, 4) is 0 Å². The van der Waals surface area contributed by atoms with Crippen molar-refractivity contribution in [2.24, 2.45) is 5.92 Å². The molecule has 0 aromatic carbocycles. The van der Waals surface area contributed by atoms with Crippen LogP contribution in [-0.4, -0.2) is 47.6 Å². The van der Waals surface area contributed by atoms with Crippen LogP contribution in [0.3, 0.4) is 0 Å². The average Bonchev–Trinajstić information content (AvgIpc) is 2.77. The van der Waals surface area contributed by atoms with Gasteiger partial charge in [0, 0.05) is 12.6 Å². The zero-order valence-corrected chi connectivity index (χ0v) is 9.90. The molecule has 5 heteroatoms. The molecule has 16 heavy (non-hydrogen) atoms. The summed E-state index contributed by atoms with van der Waals surface area (Å²) in [4.78, 5) is 24.3. The Hall–Kier alpha value is -1.10. The number of nitrogens with one attached hydrogen (secondary N) is 1. The van der Waals surface area contributed by atoms with Crippen LogP contribution in [0.2, 0.25) is 0 Å². The molecule has 0 aromatic rings. The van der Waals surface area contributed by atoms with Gasteiger partial charge in [0.05, 0.1) is 0 Å². The van der Waals surface area contributed by atoms with Crippen molar-refractivity contribution < 1.29 is 14.7 Å². The summed E-state index contributed by atoms with van der Waals surface area (Å²) in [6.45, 7) is 6.13. The molecule has 1 aliphatic rings. The Kier molecular flexibility index (Phi) is 4.73. The Morgan fingerprint density at radius 2 is 1.88 bits per heavy atom. The Morgan fingerprint density at radius 1 is 1.31 bits per heavy atom. The first-order valence-electron chi connectivity index (χ1n) is 5.77. The summed E-state index contributed by atoms with van der Waals surface area (Å²) >= 11 is 0. The standard InChI is InChI=1S/C11H20N2O3/c1-8(13-5-3-4-6-13)7-12-10(14)9(2)11(15)16/h8-9H,3-7H2,1-2H3,(H,12,14)(H,15,16). The third-order valence-electron chi connectivity index (χ3n) is 3.10. The van der Waals surface area contributed by atoms with E-state index in [9.17, 15) is 9.59 Å². The number of hydrogen-bond acceptors (Lipinski definition) is 3. The Balaban J connectivity index is 2.27. The van der Waals surface area contributed by atoms with Crippen molar-refractivity contribution in [3.05, 3.63) is 0 Å². The predicted octanol–water partition coefficient (Wildman–Crippen LogP) is 0.308. The van der Waals surface area contributed by atoms with E-state index in [2.05, 4.69) is 17.1 Å². The number of rotatable bonds is 5. The van der Waals surface area contributed by atoms with Gasteiger partial charge in [0.1, 0.15) is 5.92 Å². The molecule has 1 fully saturated rings. The maximum atomic E-state index is 11.4. The highest BCUT2D eigenvalue weighted by molar-refractivity contribution is 5.96. The van der Waals surface area contributed by atoms with Gasteiger partial charge in [-0.25, -0.2) is 0 Å². The quantitative estimate of drug-likeness (QED) is 0.664. The molecule has 2 unspecified atom stereocenters. The largest absolute Gasteiger partial charge is 0.481 e. The molecule has 0 spiro atoms. The molecule has 0 radical (unpaired) electrons. The van der Waals surface area contributed by atoms with Gasteiger partial charge in [-0.15, -0.1) is 0 Å². The van der Waals surface area contributed by atoms with E-state index < -0.39 is 17.8 Å². The number of carbonyl (C=O) groups excluding carboxylic acids is 1. The summed E-state index contributed by atoms with van der Waals surface area (Å²) < 4.78 is 0. The van der Waals surface area contributed by atoms with Gasteiger partial charge in [-0.05, 0) is 39.8 Å². The van der Waals surface area contributed by atoms with Crippen LogP contribution in [0.1, 0.15) is 26.7 Å². The number of amides is 1. The third-order valence-corrected chi connectivity index (χ3v) is 3.10. The van der Waals surface area contributed by atoms with E-state index >= 15 is 0 Å². The minimum atomic E-state index is -1.08. The van der Waals surface area contributed by atoms with E-state index in [0.717, 1.165) is 13.1 Å². The second kappa shape index (κ2) is 5.84. The Morgan fingerprint density at radius 3 is 2.38 bits per heavy atom. The van der Waals surface area contributed by atoms with Crippen molar-refractivity contribution >= 4 is 11.9 Å². The zero-order chi connectivity index (χ0) is 12.1. The fourth-order valence-electron chi connectivity index (χ4n) is 1.83. The number of carboxylic acids is 1. The second-order valence-electron chi connectivity index (χ2n) is 4.40. The fourth-order valence-corrected chi connectivity index (χ4v) is 1.83. The highest BCUT2D eigenvalue weighted by Gasteiger charge is 2.22. The molecule has 5 nitrogen and oxygen atoms in total. The van der Waals surface area contributed by atoms with E-state index in [4.69, 9.17) is 5.11 Å². The first kappa shape index (κ1) is 13.0. The first-order chi connectivity index (χ1) is 7.52. The van der Waals surface area contributed by atoms with Crippen LogP contribution in [0.15, 0.2) is 0 Å². The van der Waals surface area contributed by atoms with Crippen molar-refractivity contribution in [2.45, 2.75) is 32.7 Å². The molecule has 1 rings (SSSR count). The lowest BCUT2D eigenvalue weighted by Crippen LogP contribution is -2.43. The van der Waals surface area contributed by atoms with Crippen molar-refractivity contribution in [1.82, 2.24) is 10.2 Å². The van der Waals surface area contributed by atoms with Gasteiger partial charge >= 0.3 is 5.97 Å². The lowest BCUT2D eigenvalue weighted by Gasteiger charge is -2.24. The molecule has 0 saturated carbocycles. The monoisotopic (exact) mass is 228 g/mol. The zero-order valence-electron chi connectivity index (χ0n) is 9.90. The highest BCUT2D eigenvalue weighted by atomic mass is 16.4. The van der Waals surface area contributed by atoms with E-state index in [1.807, 2.05) is 0 Å². The summed E-state index contributed by atoms with van der Waals surface area (Å²) in [6.07, 6.45) is 2.42. The molecular formula is C11H20N2O3. The van der Waals surface area contributed by atoms with E-state index in [1.165, 1.54) is 19.8 Å². The maximum absolute atomic E-state index is 11.4. The van der Waals surface area contributed by atoms with E-state index in [-0.39, 0.29) is 6.04 Å². The Labute approximate surface area is 95.8 Å². The number of aliphatic carboxylic acids is 1. The van der Waals surface area contributed by atoms with Crippen molar-refractivity contribution in [3.63, 3.8) is 0 Å². The molecule has 0 aliphatic carbocycles. The molecule has 92 valence electrons. The number of nitrogens with zero attached hydrogens (tertiary/aromatic N) is 1. The fraction of sp³-hybridized carbons (Fsp3) is 0.818. The van der Waals surface area contributed by atoms with Crippen molar-refractivity contribution in [2.75, 3.05) is 19.6 Å². The molecule has 1 heterocycles. The smallest absolute Gasteiger partial charge is 0.315 e. The van der Waals surface area contributed by atoms with Crippen LogP contribution in [0, 0.1) is 5.92 Å². The van der Waals surface area contributed by atoms with Gasteiger partial charge in [0.15, 0.2) is 0 Å². The average molecular weight is 228 g/mol. The lowest BCUT2D eigenvalue weighted by molar-refractivity contribution is -0.146. The normalized spacial score (nSPS) is 20.4. The molecule has 1 amide bonds. The van der Waals surface area contributed by atoms with Crippen molar-refractivity contribution in [1.29, 1.82) is 0 Å². The summed E-state index contributed by atoms with van der Waals surface area (Å²) in [7, 11) is 0. The number of carbonyl (C=O) groups is 2.